The number of anilines is 1. The summed E-state index contributed by atoms with van der Waals surface area (Å²) in [5, 5.41) is 3.53. The van der Waals surface area contributed by atoms with Gasteiger partial charge in [0.25, 0.3) is 0 Å². The maximum Gasteiger partial charge on any atom is 0.180 e. The first-order valence-electron chi connectivity index (χ1n) is 7.87. The molecule has 2 unspecified atom stereocenters. The summed E-state index contributed by atoms with van der Waals surface area (Å²) in [5.74, 6) is 1.57. The third-order valence-electron chi connectivity index (χ3n) is 4.11. The fraction of sp³-hybridized carbons (Fsp3) is 0.471. The lowest BCUT2D eigenvalue weighted by atomic mass is 10.2. The van der Waals surface area contributed by atoms with Gasteiger partial charge in [0.1, 0.15) is 11.5 Å². The molecule has 0 aromatic carbocycles. The van der Waals surface area contributed by atoms with Crippen molar-refractivity contribution in [1.82, 2.24) is 15.0 Å². The van der Waals surface area contributed by atoms with Crippen LogP contribution in [0.2, 0.25) is 0 Å². The standard InChI is InChI=1S/C17H22N4O/c1-3-12-11-16(19-13-7-8-14(10-13)22-2)21-17(20-12)15-6-4-5-9-18-15/h4-6,9,11,13-14H,3,7-8,10H2,1-2H3,(H,19,20,21). The summed E-state index contributed by atoms with van der Waals surface area (Å²) in [6.45, 7) is 2.10. The first-order chi connectivity index (χ1) is 10.8. The molecule has 0 bridgehead atoms. The van der Waals surface area contributed by atoms with E-state index < -0.39 is 0 Å². The average molecular weight is 298 g/mol. The lowest BCUT2D eigenvalue weighted by Gasteiger charge is -2.15. The predicted octanol–water partition coefficient (Wildman–Crippen LogP) is 3.08. The Morgan fingerprint density at radius 2 is 2.18 bits per heavy atom. The van der Waals surface area contributed by atoms with Gasteiger partial charge in [0.15, 0.2) is 5.82 Å². The van der Waals surface area contributed by atoms with Gasteiger partial charge in [0, 0.05) is 31.1 Å². The highest BCUT2D eigenvalue weighted by Gasteiger charge is 2.24. The number of pyridine rings is 1. The molecule has 1 fully saturated rings. The smallest absolute Gasteiger partial charge is 0.180 e. The molecular weight excluding hydrogens is 276 g/mol. The van der Waals surface area contributed by atoms with Crippen molar-refractivity contribution in [3.63, 3.8) is 0 Å². The Kier molecular flexibility index (Phi) is 4.63. The van der Waals surface area contributed by atoms with Crippen LogP contribution in [-0.4, -0.2) is 34.2 Å². The van der Waals surface area contributed by atoms with Gasteiger partial charge in [-0.1, -0.05) is 13.0 Å². The van der Waals surface area contributed by atoms with E-state index >= 15 is 0 Å². The zero-order chi connectivity index (χ0) is 15.4. The van der Waals surface area contributed by atoms with Crippen molar-refractivity contribution in [3.05, 3.63) is 36.2 Å². The molecule has 5 nitrogen and oxygen atoms in total. The maximum atomic E-state index is 5.43. The molecule has 2 aromatic heterocycles. The van der Waals surface area contributed by atoms with Crippen LogP contribution in [0.5, 0.6) is 0 Å². The van der Waals surface area contributed by atoms with Gasteiger partial charge in [-0.25, -0.2) is 9.97 Å². The van der Waals surface area contributed by atoms with E-state index in [1.807, 2.05) is 24.3 Å². The van der Waals surface area contributed by atoms with Crippen LogP contribution in [0.4, 0.5) is 5.82 Å². The molecule has 0 amide bonds. The number of aromatic nitrogens is 3. The van der Waals surface area contributed by atoms with E-state index in [0.29, 0.717) is 18.0 Å². The summed E-state index contributed by atoms with van der Waals surface area (Å²) in [5.41, 5.74) is 1.83. The van der Waals surface area contributed by atoms with Gasteiger partial charge in [-0.15, -0.1) is 0 Å². The van der Waals surface area contributed by atoms with E-state index in [-0.39, 0.29) is 0 Å². The Balaban J connectivity index is 1.82. The Hall–Kier alpha value is -2.01. The summed E-state index contributed by atoms with van der Waals surface area (Å²) in [4.78, 5) is 13.6. The minimum atomic E-state index is 0.361. The fourth-order valence-electron chi connectivity index (χ4n) is 2.86. The van der Waals surface area contributed by atoms with Gasteiger partial charge in [-0.05, 0) is 37.8 Å². The van der Waals surface area contributed by atoms with Gasteiger partial charge in [-0.2, -0.15) is 0 Å². The number of nitrogens with zero attached hydrogens (tertiary/aromatic N) is 3. The van der Waals surface area contributed by atoms with Crippen molar-refractivity contribution in [2.45, 2.75) is 44.8 Å². The van der Waals surface area contributed by atoms with Crippen molar-refractivity contribution in [2.75, 3.05) is 12.4 Å². The summed E-state index contributed by atoms with van der Waals surface area (Å²) >= 11 is 0. The zero-order valence-electron chi connectivity index (χ0n) is 13.1. The molecule has 0 saturated heterocycles. The van der Waals surface area contributed by atoms with Crippen molar-refractivity contribution >= 4 is 5.82 Å². The largest absolute Gasteiger partial charge is 0.381 e. The normalized spacial score (nSPS) is 21.0. The molecule has 1 saturated carbocycles. The van der Waals surface area contributed by atoms with Gasteiger partial charge < -0.3 is 10.1 Å². The second-order valence-electron chi connectivity index (χ2n) is 5.65. The molecule has 5 heteroatoms. The number of ether oxygens (including phenoxy) is 1. The number of hydrogen-bond acceptors (Lipinski definition) is 5. The number of hydrogen-bond donors (Lipinski definition) is 1. The van der Waals surface area contributed by atoms with E-state index in [2.05, 4.69) is 27.2 Å². The zero-order valence-corrected chi connectivity index (χ0v) is 13.1. The molecule has 0 radical (unpaired) electrons. The number of nitrogens with one attached hydrogen (secondary N) is 1. The molecule has 1 N–H and O–H groups in total. The minimum absolute atomic E-state index is 0.361. The molecule has 2 heterocycles. The third-order valence-corrected chi connectivity index (χ3v) is 4.11. The topological polar surface area (TPSA) is 59.9 Å². The van der Waals surface area contributed by atoms with Gasteiger partial charge in [0.05, 0.1) is 6.10 Å². The van der Waals surface area contributed by atoms with Crippen LogP contribution in [0, 0.1) is 0 Å². The highest BCUT2D eigenvalue weighted by molar-refractivity contribution is 5.53. The quantitative estimate of drug-likeness (QED) is 0.919. The first-order valence-corrected chi connectivity index (χ1v) is 7.87. The van der Waals surface area contributed by atoms with Gasteiger partial charge in [-0.3, -0.25) is 4.98 Å². The van der Waals surface area contributed by atoms with Crippen LogP contribution in [0.25, 0.3) is 11.5 Å². The van der Waals surface area contributed by atoms with E-state index in [0.717, 1.165) is 42.9 Å². The SMILES string of the molecule is CCc1cc(NC2CCC(OC)C2)nc(-c2ccccn2)n1. The van der Waals surface area contributed by atoms with Crippen molar-refractivity contribution in [2.24, 2.45) is 0 Å². The predicted molar refractivity (Wildman–Crippen MR) is 86.7 cm³/mol. The van der Waals surface area contributed by atoms with Crippen molar-refractivity contribution in [3.8, 4) is 11.5 Å². The highest BCUT2D eigenvalue weighted by atomic mass is 16.5. The Labute approximate surface area is 131 Å². The Morgan fingerprint density at radius 1 is 1.27 bits per heavy atom. The van der Waals surface area contributed by atoms with Crippen LogP contribution < -0.4 is 5.32 Å². The molecule has 0 aliphatic heterocycles. The highest BCUT2D eigenvalue weighted by Crippen LogP contribution is 2.25. The number of aryl methyl sites for hydroxylation is 1. The molecule has 1 aliphatic carbocycles. The van der Waals surface area contributed by atoms with E-state index in [1.165, 1.54) is 0 Å². The molecular formula is C17H22N4O. The fourth-order valence-corrected chi connectivity index (χ4v) is 2.86. The second kappa shape index (κ2) is 6.83. The monoisotopic (exact) mass is 298 g/mol. The molecule has 2 atom stereocenters. The third kappa shape index (κ3) is 3.42. The van der Waals surface area contributed by atoms with Crippen molar-refractivity contribution in [1.29, 1.82) is 0 Å². The minimum Gasteiger partial charge on any atom is -0.381 e. The molecule has 3 rings (SSSR count). The van der Waals surface area contributed by atoms with Gasteiger partial charge in [0.2, 0.25) is 0 Å². The first kappa shape index (κ1) is 14.9. The molecule has 22 heavy (non-hydrogen) atoms. The summed E-state index contributed by atoms with van der Waals surface area (Å²) < 4.78 is 5.43. The molecule has 1 aliphatic rings. The Morgan fingerprint density at radius 3 is 2.86 bits per heavy atom. The molecule has 0 spiro atoms. The molecule has 116 valence electrons. The summed E-state index contributed by atoms with van der Waals surface area (Å²) in [6.07, 6.45) is 6.25. The lowest BCUT2D eigenvalue weighted by Crippen LogP contribution is -2.18. The van der Waals surface area contributed by atoms with E-state index in [1.54, 1.807) is 13.3 Å². The van der Waals surface area contributed by atoms with E-state index in [4.69, 9.17) is 4.74 Å². The van der Waals surface area contributed by atoms with Crippen LogP contribution >= 0.6 is 0 Å². The second-order valence-corrected chi connectivity index (χ2v) is 5.65. The van der Waals surface area contributed by atoms with Crippen LogP contribution in [-0.2, 0) is 11.2 Å². The van der Waals surface area contributed by atoms with Crippen LogP contribution in [0.3, 0.4) is 0 Å². The summed E-state index contributed by atoms with van der Waals surface area (Å²) in [7, 11) is 1.78. The number of methoxy groups -OCH3 is 1. The van der Waals surface area contributed by atoms with Crippen LogP contribution in [0.1, 0.15) is 31.9 Å². The van der Waals surface area contributed by atoms with E-state index in [9.17, 15) is 0 Å². The average Bonchev–Trinajstić information content (AvgIpc) is 3.03. The molecule has 2 aromatic rings. The van der Waals surface area contributed by atoms with Gasteiger partial charge >= 0.3 is 0 Å². The lowest BCUT2D eigenvalue weighted by molar-refractivity contribution is 0.108. The maximum absolute atomic E-state index is 5.43. The Bertz CT molecular complexity index is 617. The summed E-state index contributed by atoms with van der Waals surface area (Å²) in [6, 6.07) is 8.25. The van der Waals surface area contributed by atoms with Crippen molar-refractivity contribution < 1.29 is 4.74 Å². The van der Waals surface area contributed by atoms with Crippen LogP contribution in [0.15, 0.2) is 30.5 Å². The number of rotatable bonds is 5.